The predicted octanol–water partition coefficient (Wildman–Crippen LogP) is 6.32. The van der Waals surface area contributed by atoms with Crippen LogP contribution in [-0.4, -0.2) is 18.0 Å². The average molecular weight is 313 g/mol. The standard InChI is InChI=1S/C20H40O2/c1-6-10-12-14-16-19(21)20(5,9-4)22-17-18(8-3)15-13-11-7-2/h18H,6-17H2,1-5H3. The van der Waals surface area contributed by atoms with Crippen LogP contribution in [0.25, 0.3) is 0 Å². The molecule has 0 aromatic rings. The van der Waals surface area contributed by atoms with Gasteiger partial charge in [-0.05, 0) is 32.1 Å². The number of Topliss-reactive ketones (excluding diaryl/α,β-unsaturated/α-hetero) is 1. The molecule has 0 aliphatic rings. The maximum Gasteiger partial charge on any atom is 0.164 e. The number of carbonyl (C=O) groups is 1. The minimum Gasteiger partial charge on any atom is -0.367 e. The average Bonchev–Trinajstić information content (AvgIpc) is 2.54. The molecule has 0 aliphatic carbocycles. The van der Waals surface area contributed by atoms with Gasteiger partial charge in [0.15, 0.2) is 5.78 Å². The predicted molar refractivity (Wildman–Crippen MR) is 96.3 cm³/mol. The van der Waals surface area contributed by atoms with Gasteiger partial charge in [0.25, 0.3) is 0 Å². The van der Waals surface area contributed by atoms with E-state index in [1.165, 1.54) is 38.5 Å². The van der Waals surface area contributed by atoms with Gasteiger partial charge in [0.1, 0.15) is 5.60 Å². The lowest BCUT2D eigenvalue weighted by Crippen LogP contribution is -2.39. The maximum absolute atomic E-state index is 12.5. The third kappa shape index (κ3) is 8.92. The molecule has 132 valence electrons. The van der Waals surface area contributed by atoms with Gasteiger partial charge >= 0.3 is 0 Å². The Morgan fingerprint density at radius 1 is 0.955 bits per heavy atom. The van der Waals surface area contributed by atoms with Crippen LogP contribution in [0.15, 0.2) is 0 Å². The Morgan fingerprint density at radius 3 is 2.14 bits per heavy atom. The highest BCUT2D eigenvalue weighted by molar-refractivity contribution is 5.86. The molecule has 0 aliphatic heterocycles. The zero-order valence-electron chi connectivity index (χ0n) is 15.9. The highest BCUT2D eigenvalue weighted by Crippen LogP contribution is 2.23. The normalized spacial score (nSPS) is 15.5. The summed E-state index contributed by atoms with van der Waals surface area (Å²) < 4.78 is 6.13. The van der Waals surface area contributed by atoms with Crippen LogP contribution in [0, 0.1) is 5.92 Å². The summed E-state index contributed by atoms with van der Waals surface area (Å²) in [7, 11) is 0. The van der Waals surface area contributed by atoms with Gasteiger partial charge < -0.3 is 4.74 Å². The lowest BCUT2D eigenvalue weighted by Gasteiger charge is -2.29. The van der Waals surface area contributed by atoms with Crippen molar-refractivity contribution in [3.8, 4) is 0 Å². The Hall–Kier alpha value is -0.370. The number of hydrogen-bond donors (Lipinski definition) is 0. The molecule has 0 amide bonds. The molecular formula is C20H40O2. The zero-order valence-corrected chi connectivity index (χ0v) is 15.9. The number of ether oxygens (including phenoxy) is 1. The molecule has 0 rings (SSSR count). The monoisotopic (exact) mass is 312 g/mol. The largest absolute Gasteiger partial charge is 0.367 e. The molecule has 2 heteroatoms. The third-order valence-electron chi connectivity index (χ3n) is 4.95. The number of carbonyl (C=O) groups excluding carboxylic acids is 1. The Morgan fingerprint density at radius 2 is 1.59 bits per heavy atom. The van der Waals surface area contributed by atoms with Crippen LogP contribution < -0.4 is 0 Å². The Labute approximate surface area is 139 Å². The summed E-state index contributed by atoms with van der Waals surface area (Å²) in [6.07, 6.45) is 12.3. The second kappa shape index (κ2) is 13.1. The molecule has 2 nitrogen and oxygen atoms in total. The zero-order chi connectivity index (χ0) is 16.8. The van der Waals surface area contributed by atoms with E-state index in [1.54, 1.807) is 0 Å². The van der Waals surface area contributed by atoms with Gasteiger partial charge in [0.2, 0.25) is 0 Å². The quantitative estimate of drug-likeness (QED) is 0.331. The van der Waals surface area contributed by atoms with Gasteiger partial charge in [-0.2, -0.15) is 0 Å². The molecule has 0 bridgehead atoms. The van der Waals surface area contributed by atoms with Gasteiger partial charge in [0.05, 0.1) is 6.61 Å². The van der Waals surface area contributed by atoms with E-state index in [-0.39, 0.29) is 0 Å². The lowest BCUT2D eigenvalue weighted by molar-refractivity contribution is -0.145. The van der Waals surface area contributed by atoms with Gasteiger partial charge in [-0.3, -0.25) is 4.79 Å². The molecule has 0 saturated carbocycles. The molecule has 0 spiro atoms. The topological polar surface area (TPSA) is 26.3 Å². The molecule has 22 heavy (non-hydrogen) atoms. The van der Waals surface area contributed by atoms with Crippen LogP contribution in [0.5, 0.6) is 0 Å². The van der Waals surface area contributed by atoms with Crippen molar-refractivity contribution in [3.63, 3.8) is 0 Å². The molecular weight excluding hydrogens is 272 g/mol. The molecule has 0 saturated heterocycles. The minimum absolute atomic E-state index is 0.300. The molecule has 0 heterocycles. The summed E-state index contributed by atoms with van der Waals surface area (Å²) in [5, 5.41) is 0. The first-order chi connectivity index (χ1) is 10.5. The molecule has 0 N–H and O–H groups in total. The summed E-state index contributed by atoms with van der Waals surface area (Å²) >= 11 is 0. The van der Waals surface area contributed by atoms with Gasteiger partial charge in [-0.15, -0.1) is 0 Å². The SMILES string of the molecule is CCCCCCC(=O)C(C)(CC)OCC(CC)CCCCC. The van der Waals surface area contributed by atoms with Crippen molar-refractivity contribution in [2.45, 2.75) is 111 Å². The Kier molecular flexibility index (Phi) is 12.9. The fourth-order valence-electron chi connectivity index (χ4n) is 2.75. The van der Waals surface area contributed by atoms with Crippen molar-refractivity contribution in [3.05, 3.63) is 0 Å². The third-order valence-corrected chi connectivity index (χ3v) is 4.95. The van der Waals surface area contributed by atoms with Crippen LogP contribution >= 0.6 is 0 Å². The summed E-state index contributed by atoms with van der Waals surface area (Å²) in [6, 6.07) is 0. The van der Waals surface area contributed by atoms with Crippen molar-refractivity contribution in [1.82, 2.24) is 0 Å². The van der Waals surface area contributed by atoms with Crippen LogP contribution in [0.1, 0.15) is 105 Å². The van der Waals surface area contributed by atoms with E-state index < -0.39 is 5.60 Å². The van der Waals surface area contributed by atoms with Crippen molar-refractivity contribution >= 4 is 5.78 Å². The summed E-state index contributed by atoms with van der Waals surface area (Å²) in [4.78, 5) is 12.5. The second-order valence-electron chi connectivity index (χ2n) is 6.90. The summed E-state index contributed by atoms with van der Waals surface area (Å²) in [6.45, 7) is 11.5. The van der Waals surface area contributed by atoms with E-state index in [0.29, 0.717) is 18.1 Å². The van der Waals surface area contributed by atoms with Crippen molar-refractivity contribution in [1.29, 1.82) is 0 Å². The maximum atomic E-state index is 12.5. The molecule has 0 radical (unpaired) electrons. The van der Waals surface area contributed by atoms with Crippen LogP contribution in [0.4, 0.5) is 0 Å². The van der Waals surface area contributed by atoms with E-state index >= 15 is 0 Å². The van der Waals surface area contributed by atoms with Crippen molar-refractivity contribution < 1.29 is 9.53 Å². The molecule has 2 unspecified atom stereocenters. The number of hydrogen-bond acceptors (Lipinski definition) is 2. The van der Waals surface area contributed by atoms with E-state index in [4.69, 9.17) is 4.74 Å². The van der Waals surface area contributed by atoms with E-state index in [9.17, 15) is 4.79 Å². The first-order valence-corrected chi connectivity index (χ1v) is 9.71. The number of rotatable bonds is 15. The fraction of sp³-hybridized carbons (Fsp3) is 0.950. The fourth-order valence-corrected chi connectivity index (χ4v) is 2.75. The highest BCUT2D eigenvalue weighted by atomic mass is 16.5. The smallest absolute Gasteiger partial charge is 0.164 e. The highest BCUT2D eigenvalue weighted by Gasteiger charge is 2.31. The lowest BCUT2D eigenvalue weighted by atomic mass is 9.92. The van der Waals surface area contributed by atoms with Crippen molar-refractivity contribution in [2.24, 2.45) is 5.92 Å². The van der Waals surface area contributed by atoms with E-state index in [2.05, 4.69) is 27.7 Å². The first-order valence-electron chi connectivity index (χ1n) is 9.71. The minimum atomic E-state index is -0.565. The van der Waals surface area contributed by atoms with Gasteiger partial charge in [-0.1, -0.05) is 72.6 Å². The summed E-state index contributed by atoms with van der Waals surface area (Å²) in [5.74, 6) is 0.903. The van der Waals surface area contributed by atoms with Crippen LogP contribution in [0.2, 0.25) is 0 Å². The van der Waals surface area contributed by atoms with E-state index in [0.717, 1.165) is 32.3 Å². The Balaban J connectivity index is 4.24. The molecule has 0 fully saturated rings. The van der Waals surface area contributed by atoms with Crippen molar-refractivity contribution in [2.75, 3.05) is 6.61 Å². The van der Waals surface area contributed by atoms with Crippen LogP contribution in [0.3, 0.4) is 0 Å². The molecule has 2 atom stereocenters. The molecule has 0 aromatic heterocycles. The Bertz CT molecular complexity index is 275. The summed E-state index contributed by atoms with van der Waals surface area (Å²) in [5.41, 5.74) is -0.565. The number of ketones is 1. The number of unbranched alkanes of at least 4 members (excludes halogenated alkanes) is 5. The van der Waals surface area contributed by atoms with Gasteiger partial charge in [0, 0.05) is 6.42 Å². The van der Waals surface area contributed by atoms with E-state index in [1.807, 2.05) is 6.92 Å². The van der Waals surface area contributed by atoms with Crippen LogP contribution in [-0.2, 0) is 9.53 Å². The second-order valence-corrected chi connectivity index (χ2v) is 6.90. The molecule has 0 aromatic carbocycles. The van der Waals surface area contributed by atoms with Gasteiger partial charge in [-0.25, -0.2) is 0 Å². The first kappa shape index (κ1) is 21.6.